The summed E-state index contributed by atoms with van der Waals surface area (Å²) in [5.74, 6) is 1.16. The topological polar surface area (TPSA) is 12.0 Å². The summed E-state index contributed by atoms with van der Waals surface area (Å²) in [5, 5.41) is 3.43. The molecular formula is C13H18FN. The average Bonchev–Trinajstić information content (AvgIpc) is 2.94. The highest BCUT2D eigenvalue weighted by atomic mass is 19.1. The molecule has 2 unspecified atom stereocenters. The molecule has 2 rings (SSSR count). The van der Waals surface area contributed by atoms with Crippen LogP contribution in [0.3, 0.4) is 0 Å². The Morgan fingerprint density at radius 3 is 2.93 bits per heavy atom. The predicted octanol–water partition coefficient (Wildman–Crippen LogP) is 2.93. The molecule has 0 heterocycles. The van der Waals surface area contributed by atoms with E-state index in [0.717, 1.165) is 12.1 Å². The maximum Gasteiger partial charge on any atom is 0.123 e. The van der Waals surface area contributed by atoms with E-state index < -0.39 is 0 Å². The van der Waals surface area contributed by atoms with Crippen molar-refractivity contribution in [1.29, 1.82) is 0 Å². The largest absolute Gasteiger partial charge is 0.314 e. The van der Waals surface area contributed by atoms with E-state index in [4.69, 9.17) is 0 Å². The second-order valence-electron chi connectivity index (χ2n) is 4.72. The highest BCUT2D eigenvalue weighted by Gasteiger charge is 2.37. The Bertz CT molecular complexity index is 335. The van der Waals surface area contributed by atoms with Crippen LogP contribution in [0.5, 0.6) is 0 Å². The maximum absolute atomic E-state index is 13.0. The van der Waals surface area contributed by atoms with E-state index in [1.54, 1.807) is 12.1 Å². The molecule has 1 aliphatic carbocycles. The van der Waals surface area contributed by atoms with Gasteiger partial charge in [0.25, 0.3) is 0 Å². The molecule has 0 amide bonds. The van der Waals surface area contributed by atoms with Gasteiger partial charge in [0.15, 0.2) is 0 Å². The summed E-state index contributed by atoms with van der Waals surface area (Å²) in [6.07, 6.45) is 1.20. The van der Waals surface area contributed by atoms with Gasteiger partial charge in [0, 0.05) is 6.04 Å². The first-order valence-electron chi connectivity index (χ1n) is 5.65. The molecule has 15 heavy (non-hydrogen) atoms. The van der Waals surface area contributed by atoms with Gasteiger partial charge in [-0.25, -0.2) is 4.39 Å². The zero-order valence-corrected chi connectivity index (χ0v) is 9.33. The molecule has 0 radical (unpaired) electrons. The lowest BCUT2D eigenvalue weighted by molar-refractivity contribution is 0.554. The van der Waals surface area contributed by atoms with Crippen LogP contribution in [0, 0.1) is 11.7 Å². The Hall–Kier alpha value is -0.890. The van der Waals surface area contributed by atoms with E-state index in [9.17, 15) is 4.39 Å². The number of rotatable bonds is 4. The Balaban J connectivity index is 1.88. The molecule has 0 saturated heterocycles. The number of hydrogen-bond acceptors (Lipinski definition) is 1. The summed E-state index contributed by atoms with van der Waals surface area (Å²) in [6, 6.07) is 7.55. The zero-order valence-electron chi connectivity index (χ0n) is 9.33. The third-order valence-electron chi connectivity index (χ3n) is 2.99. The Morgan fingerprint density at radius 2 is 2.27 bits per heavy atom. The summed E-state index contributed by atoms with van der Waals surface area (Å²) >= 11 is 0. The molecule has 2 atom stereocenters. The van der Waals surface area contributed by atoms with Crippen LogP contribution in [0.4, 0.5) is 4.39 Å². The fraction of sp³-hybridized carbons (Fsp3) is 0.538. The lowest BCUT2D eigenvalue weighted by Crippen LogP contribution is -2.25. The van der Waals surface area contributed by atoms with E-state index in [-0.39, 0.29) is 5.82 Å². The summed E-state index contributed by atoms with van der Waals surface area (Å²) < 4.78 is 13.0. The summed E-state index contributed by atoms with van der Waals surface area (Å²) in [5.41, 5.74) is 1.16. The Kier molecular flexibility index (Phi) is 3.06. The zero-order chi connectivity index (χ0) is 10.8. The quantitative estimate of drug-likeness (QED) is 0.800. The van der Waals surface area contributed by atoms with Crippen molar-refractivity contribution in [2.75, 3.05) is 6.54 Å². The van der Waals surface area contributed by atoms with Crippen LogP contribution >= 0.6 is 0 Å². The van der Waals surface area contributed by atoms with Crippen LogP contribution in [0.15, 0.2) is 24.3 Å². The van der Waals surface area contributed by atoms with Gasteiger partial charge in [0.05, 0.1) is 0 Å². The molecule has 1 aliphatic rings. The minimum Gasteiger partial charge on any atom is -0.314 e. The van der Waals surface area contributed by atoms with Crippen molar-refractivity contribution in [1.82, 2.24) is 5.32 Å². The fourth-order valence-electron chi connectivity index (χ4n) is 2.01. The number of nitrogens with one attached hydrogen (secondary N) is 1. The molecule has 0 aliphatic heterocycles. The molecule has 1 aromatic rings. The van der Waals surface area contributed by atoms with E-state index in [2.05, 4.69) is 19.2 Å². The van der Waals surface area contributed by atoms with Crippen LogP contribution in [-0.2, 0) is 0 Å². The van der Waals surface area contributed by atoms with Crippen molar-refractivity contribution in [3.8, 4) is 0 Å². The van der Waals surface area contributed by atoms with Gasteiger partial charge in [-0.15, -0.1) is 0 Å². The van der Waals surface area contributed by atoms with Crippen LogP contribution in [0.25, 0.3) is 0 Å². The summed E-state index contributed by atoms with van der Waals surface area (Å²) in [6.45, 7) is 5.36. The minimum atomic E-state index is -0.116. The van der Waals surface area contributed by atoms with Crippen LogP contribution in [0.1, 0.15) is 31.7 Å². The maximum atomic E-state index is 13.0. The van der Waals surface area contributed by atoms with Gasteiger partial charge in [0.1, 0.15) is 5.82 Å². The third kappa shape index (κ3) is 2.78. The average molecular weight is 207 g/mol. The first kappa shape index (κ1) is 10.6. The van der Waals surface area contributed by atoms with E-state index >= 15 is 0 Å². The molecule has 1 aromatic carbocycles. The molecular weight excluding hydrogens is 189 g/mol. The third-order valence-corrected chi connectivity index (χ3v) is 2.99. The van der Waals surface area contributed by atoms with Crippen molar-refractivity contribution < 1.29 is 4.39 Å². The van der Waals surface area contributed by atoms with Crippen molar-refractivity contribution >= 4 is 0 Å². The first-order valence-corrected chi connectivity index (χ1v) is 5.65. The van der Waals surface area contributed by atoms with Gasteiger partial charge in [-0.05, 0) is 42.5 Å². The van der Waals surface area contributed by atoms with Crippen LogP contribution < -0.4 is 5.32 Å². The van der Waals surface area contributed by atoms with Crippen molar-refractivity contribution in [3.63, 3.8) is 0 Å². The second kappa shape index (κ2) is 4.31. The van der Waals surface area contributed by atoms with Crippen LogP contribution in [-0.4, -0.2) is 12.6 Å². The normalized spacial score (nSPS) is 24.5. The molecule has 0 bridgehead atoms. The lowest BCUT2D eigenvalue weighted by atomic mass is 10.1. The Labute approximate surface area is 90.7 Å². The van der Waals surface area contributed by atoms with Gasteiger partial charge in [-0.1, -0.05) is 26.0 Å². The second-order valence-corrected chi connectivity index (χ2v) is 4.72. The number of benzene rings is 1. The van der Waals surface area contributed by atoms with Gasteiger partial charge in [0.2, 0.25) is 0 Å². The molecule has 1 fully saturated rings. The Morgan fingerprint density at radius 1 is 1.47 bits per heavy atom. The molecule has 1 N–H and O–H groups in total. The molecule has 2 heteroatoms. The van der Waals surface area contributed by atoms with Gasteiger partial charge >= 0.3 is 0 Å². The highest BCUT2D eigenvalue weighted by Crippen LogP contribution is 2.46. The van der Waals surface area contributed by atoms with Crippen molar-refractivity contribution in [2.45, 2.75) is 32.2 Å². The molecule has 0 spiro atoms. The predicted molar refractivity (Wildman–Crippen MR) is 60.4 cm³/mol. The molecule has 1 nitrogen and oxygen atoms in total. The van der Waals surface area contributed by atoms with Crippen LogP contribution in [0.2, 0.25) is 0 Å². The van der Waals surface area contributed by atoms with E-state index in [0.29, 0.717) is 17.9 Å². The highest BCUT2D eigenvalue weighted by molar-refractivity contribution is 5.26. The van der Waals surface area contributed by atoms with E-state index in [1.165, 1.54) is 12.5 Å². The first-order chi connectivity index (χ1) is 7.16. The lowest BCUT2D eigenvalue weighted by Gasteiger charge is -2.07. The number of halogens is 1. The van der Waals surface area contributed by atoms with Crippen molar-refractivity contribution in [3.05, 3.63) is 35.6 Å². The van der Waals surface area contributed by atoms with E-state index in [1.807, 2.05) is 6.07 Å². The summed E-state index contributed by atoms with van der Waals surface area (Å²) in [7, 11) is 0. The standard InChI is InChI=1S/C13H18FN/c1-9(2)15-8-11-7-13(11)10-4-3-5-12(14)6-10/h3-6,9,11,13,15H,7-8H2,1-2H3. The molecule has 1 saturated carbocycles. The van der Waals surface area contributed by atoms with Gasteiger partial charge < -0.3 is 5.32 Å². The van der Waals surface area contributed by atoms with Gasteiger partial charge in [-0.3, -0.25) is 0 Å². The number of hydrogen-bond donors (Lipinski definition) is 1. The smallest absolute Gasteiger partial charge is 0.123 e. The SMILES string of the molecule is CC(C)NCC1CC1c1cccc(F)c1. The monoisotopic (exact) mass is 207 g/mol. The van der Waals surface area contributed by atoms with Gasteiger partial charge in [-0.2, -0.15) is 0 Å². The minimum absolute atomic E-state index is 0.116. The summed E-state index contributed by atoms with van der Waals surface area (Å²) in [4.78, 5) is 0. The molecule has 82 valence electrons. The van der Waals surface area contributed by atoms with Crippen molar-refractivity contribution in [2.24, 2.45) is 5.92 Å². The molecule has 0 aromatic heterocycles. The fourth-order valence-corrected chi connectivity index (χ4v) is 2.01.